The summed E-state index contributed by atoms with van der Waals surface area (Å²) >= 11 is 0. The monoisotopic (exact) mass is 218 g/mol. The maximum atomic E-state index is 12.0. The number of carbonyl (C=O) groups is 2. The van der Waals surface area contributed by atoms with E-state index in [9.17, 15) is 9.59 Å². The van der Waals surface area contributed by atoms with Crippen LogP contribution in [0.25, 0.3) is 0 Å². The van der Waals surface area contributed by atoms with Crippen molar-refractivity contribution in [2.45, 2.75) is 26.2 Å². The number of fused-ring (bicyclic) bond motifs is 1. The second kappa shape index (κ2) is 3.14. The number of pyridine rings is 1. The Morgan fingerprint density at radius 3 is 2.62 bits per heavy atom. The first kappa shape index (κ1) is 10.8. The van der Waals surface area contributed by atoms with E-state index in [-0.39, 0.29) is 11.7 Å². The zero-order valence-electron chi connectivity index (χ0n) is 9.87. The molecule has 0 saturated carbocycles. The summed E-state index contributed by atoms with van der Waals surface area (Å²) in [6, 6.07) is 1.68. The maximum Gasteiger partial charge on any atom is 0.238 e. The van der Waals surface area contributed by atoms with Crippen LogP contribution in [0.2, 0.25) is 0 Å². The highest BCUT2D eigenvalue weighted by atomic mass is 16.2. The van der Waals surface area contributed by atoms with Gasteiger partial charge in [-0.2, -0.15) is 0 Å². The van der Waals surface area contributed by atoms with Gasteiger partial charge in [-0.1, -0.05) is 0 Å². The number of Topliss-reactive ketones (excluding diaryl/α,β-unsaturated/α-hetero) is 1. The number of amides is 1. The van der Waals surface area contributed by atoms with E-state index < -0.39 is 5.41 Å². The number of nitrogens with zero attached hydrogens (tertiary/aromatic N) is 2. The Kier molecular flexibility index (Phi) is 2.12. The minimum Gasteiger partial charge on any atom is -0.299 e. The summed E-state index contributed by atoms with van der Waals surface area (Å²) in [5, 5.41) is 0. The molecule has 16 heavy (non-hydrogen) atoms. The van der Waals surface area contributed by atoms with Gasteiger partial charge in [0.2, 0.25) is 5.91 Å². The average molecular weight is 218 g/mol. The molecule has 0 bridgehead atoms. The topological polar surface area (TPSA) is 50.3 Å². The van der Waals surface area contributed by atoms with E-state index >= 15 is 0 Å². The van der Waals surface area contributed by atoms with E-state index in [0.717, 1.165) is 5.56 Å². The van der Waals surface area contributed by atoms with Gasteiger partial charge in [-0.15, -0.1) is 0 Å². The van der Waals surface area contributed by atoms with Crippen molar-refractivity contribution in [3.8, 4) is 0 Å². The van der Waals surface area contributed by atoms with Gasteiger partial charge in [-0.05, 0) is 26.8 Å². The Balaban J connectivity index is 2.78. The highest BCUT2D eigenvalue weighted by Gasteiger charge is 2.45. The summed E-state index contributed by atoms with van der Waals surface area (Å²) in [5.74, 6) is 0.543. The molecule has 0 unspecified atom stereocenters. The van der Waals surface area contributed by atoms with Crippen LogP contribution in [0.1, 0.15) is 36.7 Å². The Morgan fingerprint density at radius 1 is 1.44 bits per heavy atom. The Bertz CT molecular complexity index is 492. The molecule has 4 nitrogen and oxygen atoms in total. The minimum absolute atomic E-state index is 0.0244. The van der Waals surface area contributed by atoms with Gasteiger partial charge >= 0.3 is 0 Å². The third-order valence-electron chi connectivity index (χ3n) is 3.09. The van der Waals surface area contributed by atoms with Gasteiger partial charge in [0.25, 0.3) is 0 Å². The molecule has 4 heteroatoms. The molecule has 1 aliphatic heterocycles. The largest absolute Gasteiger partial charge is 0.299 e. The molecule has 0 radical (unpaired) electrons. The van der Waals surface area contributed by atoms with Gasteiger partial charge in [-0.25, -0.2) is 4.98 Å². The van der Waals surface area contributed by atoms with Gasteiger partial charge in [-0.3, -0.25) is 14.5 Å². The number of rotatable bonds is 1. The minimum atomic E-state index is -0.667. The van der Waals surface area contributed by atoms with E-state index in [1.807, 2.05) is 13.8 Å². The second-order valence-electron chi connectivity index (χ2n) is 4.60. The highest BCUT2D eigenvalue weighted by Crippen LogP contribution is 2.41. The molecule has 2 heterocycles. The maximum absolute atomic E-state index is 12.0. The van der Waals surface area contributed by atoms with E-state index in [4.69, 9.17) is 0 Å². The molecule has 0 aliphatic carbocycles. The molecular formula is C12H14N2O2. The van der Waals surface area contributed by atoms with Gasteiger partial charge in [0.15, 0.2) is 5.78 Å². The number of carbonyl (C=O) groups excluding carboxylic acids is 2. The number of hydrogen-bond donors (Lipinski definition) is 0. The lowest BCUT2D eigenvalue weighted by atomic mass is 9.83. The fourth-order valence-electron chi connectivity index (χ4n) is 2.24. The first-order chi connectivity index (χ1) is 7.37. The fraction of sp³-hybridized carbons (Fsp3) is 0.417. The van der Waals surface area contributed by atoms with Crippen molar-refractivity contribution in [1.29, 1.82) is 0 Å². The predicted molar refractivity (Wildman–Crippen MR) is 60.7 cm³/mol. The Labute approximate surface area is 94.3 Å². The summed E-state index contributed by atoms with van der Waals surface area (Å²) in [6.07, 6.45) is 1.57. The van der Waals surface area contributed by atoms with E-state index in [1.165, 1.54) is 11.8 Å². The van der Waals surface area contributed by atoms with E-state index in [2.05, 4.69) is 4.98 Å². The molecule has 0 N–H and O–H groups in total. The first-order valence-corrected chi connectivity index (χ1v) is 5.16. The normalized spacial score (nSPS) is 17.5. The van der Waals surface area contributed by atoms with Gasteiger partial charge in [0, 0.05) is 24.4 Å². The number of aromatic nitrogens is 1. The molecule has 1 amide bonds. The summed E-state index contributed by atoms with van der Waals surface area (Å²) in [4.78, 5) is 29.3. The van der Waals surface area contributed by atoms with Crippen LogP contribution < -0.4 is 4.90 Å². The van der Waals surface area contributed by atoms with Crippen molar-refractivity contribution in [3.63, 3.8) is 0 Å². The molecule has 0 fully saturated rings. The molecule has 0 aromatic carbocycles. The van der Waals surface area contributed by atoms with Crippen LogP contribution in [0.4, 0.5) is 5.82 Å². The van der Waals surface area contributed by atoms with Crippen LogP contribution in [-0.2, 0) is 10.2 Å². The van der Waals surface area contributed by atoms with Crippen LogP contribution in [0.3, 0.4) is 0 Å². The summed E-state index contributed by atoms with van der Waals surface area (Å²) in [5.41, 5.74) is 0.669. The highest BCUT2D eigenvalue weighted by molar-refractivity contribution is 6.10. The molecule has 0 saturated heterocycles. The zero-order chi connectivity index (χ0) is 12.1. The molecule has 0 spiro atoms. The van der Waals surface area contributed by atoms with Crippen LogP contribution in [0, 0.1) is 0 Å². The van der Waals surface area contributed by atoms with Crippen LogP contribution in [0.15, 0.2) is 12.3 Å². The number of likely N-dealkylation sites (N-methyl/N-ethyl adjacent to an activating group) is 1. The number of hydrogen-bond acceptors (Lipinski definition) is 3. The lowest BCUT2D eigenvalue weighted by molar-refractivity contribution is -0.121. The number of ketones is 1. The van der Waals surface area contributed by atoms with Crippen LogP contribution in [-0.4, -0.2) is 23.7 Å². The Hall–Kier alpha value is -1.71. The van der Waals surface area contributed by atoms with E-state index in [0.29, 0.717) is 11.4 Å². The summed E-state index contributed by atoms with van der Waals surface area (Å²) in [7, 11) is 1.69. The van der Waals surface area contributed by atoms with Crippen molar-refractivity contribution in [1.82, 2.24) is 4.98 Å². The standard InChI is InChI=1S/C12H14N2O2/c1-7(15)8-5-6-13-10-9(8)12(2,3)11(16)14(10)4/h5-6H,1-4H3. The van der Waals surface area contributed by atoms with Crippen LogP contribution >= 0.6 is 0 Å². The van der Waals surface area contributed by atoms with Gasteiger partial charge < -0.3 is 0 Å². The van der Waals surface area contributed by atoms with Crippen molar-refractivity contribution >= 4 is 17.5 Å². The molecule has 1 aromatic rings. The van der Waals surface area contributed by atoms with E-state index in [1.54, 1.807) is 19.3 Å². The third kappa shape index (κ3) is 1.19. The molecule has 84 valence electrons. The van der Waals surface area contributed by atoms with Crippen molar-refractivity contribution in [2.24, 2.45) is 0 Å². The Morgan fingerprint density at radius 2 is 2.06 bits per heavy atom. The lowest BCUT2D eigenvalue weighted by Gasteiger charge is -2.17. The predicted octanol–water partition coefficient (Wildman–Crippen LogP) is 1.54. The second-order valence-corrected chi connectivity index (χ2v) is 4.60. The summed E-state index contributed by atoms with van der Waals surface area (Å²) < 4.78 is 0. The zero-order valence-corrected chi connectivity index (χ0v) is 9.87. The smallest absolute Gasteiger partial charge is 0.238 e. The summed E-state index contributed by atoms with van der Waals surface area (Å²) in [6.45, 7) is 5.16. The molecular weight excluding hydrogens is 204 g/mol. The molecule has 1 aliphatic rings. The lowest BCUT2D eigenvalue weighted by Crippen LogP contribution is -2.33. The average Bonchev–Trinajstić information content (AvgIpc) is 2.41. The third-order valence-corrected chi connectivity index (χ3v) is 3.09. The van der Waals surface area contributed by atoms with Crippen molar-refractivity contribution < 1.29 is 9.59 Å². The first-order valence-electron chi connectivity index (χ1n) is 5.16. The molecule has 1 aromatic heterocycles. The molecule has 0 atom stereocenters. The quantitative estimate of drug-likeness (QED) is 0.672. The van der Waals surface area contributed by atoms with Crippen molar-refractivity contribution in [3.05, 3.63) is 23.4 Å². The van der Waals surface area contributed by atoms with Gasteiger partial charge in [0.1, 0.15) is 5.82 Å². The van der Waals surface area contributed by atoms with Crippen LogP contribution in [0.5, 0.6) is 0 Å². The molecule has 2 rings (SSSR count). The van der Waals surface area contributed by atoms with Crippen molar-refractivity contribution in [2.75, 3.05) is 11.9 Å². The van der Waals surface area contributed by atoms with Gasteiger partial charge in [0.05, 0.1) is 5.41 Å². The SMILES string of the molecule is CC(=O)c1ccnc2c1C(C)(C)C(=O)N2C. The fourth-order valence-corrected chi connectivity index (χ4v) is 2.24. The number of anilines is 1.